The Hall–Kier alpha value is -1.41. The Morgan fingerprint density at radius 3 is 2.86 bits per heavy atom. The van der Waals surface area contributed by atoms with E-state index in [2.05, 4.69) is 34.7 Å². The molecule has 1 aromatic rings. The minimum Gasteiger partial charge on any atom is -0.290 e. The maximum absolute atomic E-state index is 4.47. The minimum absolute atomic E-state index is 0.925. The van der Waals surface area contributed by atoms with Gasteiger partial charge < -0.3 is 0 Å². The highest BCUT2D eigenvalue weighted by atomic mass is 15.1. The molecule has 0 aliphatic carbocycles. The molecule has 2 heteroatoms. The molecule has 0 spiro atoms. The lowest BCUT2D eigenvalue weighted by Crippen LogP contribution is -2.19. The largest absolute Gasteiger partial charge is 0.290 e. The number of hydrogen-bond acceptors (Lipinski definition) is 2. The van der Waals surface area contributed by atoms with Gasteiger partial charge in [-0.05, 0) is 18.2 Å². The molecule has 0 saturated carbocycles. The summed E-state index contributed by atoms with van der Waals surface area (Å²) in [6, 6.07) is 6.06. The molecular weight excluding hydrogens is 172 g/mol. The van der Waals surface area contributed by atoms with Crippen molar-refractivity contribution in [2.45, 2.75) is 6.54 Å². The predicted octanol–water partition coefficient (Wildman–Crippen LogP) is 2.10. The molecule has 2 nitrogen and oxygen atoms in total. The van der Waals surface area contributed by atoms with E-state index in [1.165, 1.54) is 0 Å². The molecular formula is C12H14N2. The third kappa shape index (κ3) is 2.09. The Kier molecular flexibility index (Phi) is 2.75. The smallest absolute Gasteiger partial charge is 0.0627 e. The number of nitrogens with zero attached hydrogens (tertiary/aromatic N) is 2. The fraction of sp³-hybridized carbons (Fsp3) is 0.250. The summed E-state index contributed by atoms with van der Waals surface area (Å²) >= 11 is 0. The highest BCUT2D eigenvalue weighted by Crippen LogP contribution is 2.07. The molecule has 0 N–H and O–H groups in total. The van der Waals surface area contributed by atoms with Gasteiger partial charge in [0.15, 0.2) is 0 Å². The van der Waals surface area contributed by atoms with Gasteiger partial charge in [0.25, 0.3) is 0 Å². The average Bonchev–Trinajstić information content (AvgIpc) is 2.71. The maximum atomic E-state index is 4.47. The summed E-state index contributed by atoms with van der Waals surface area (Å²) < 4.78 is 0. The van der Waals surface area contributed by atoms with Crippen LogP contribution in [-0.2, 0) is 6.54 Å². The van der Waals surface area contributed by atoms with Crippen LogP contribution in [0.5, 0.6) is 0 Å². The van der Waals surface area contributed by atoms with Crippen molar-refractivity contribution < 1.29 is 0 Å². The molecule has 0 unspecified atom stereocenters. The maximum Gasteiger partial charge on any atom is 0.0627 e. The van der Waals surface area contributed by atoms with Crippen LogP contribution in [-0.4, -0.2) is 23.0 Å². The van der Waals surface area contributed by atoms with E-state index in [0.717, 1.165) is 31.0 Å². The molecule has 0 atom stereocenters. The summed E-state index contributed by atoms with van der Waals surface area (Å²) in [5.41, 5.74) is 2.07. The normalized spacial score (nSPS) is 16.0. The second kappa shape index (κ2) is 4.20. The second-order valence-corrected chi connectivity index (χ2v) is 3.42. The van der Waals surface area contributed by atoms with Crippen molar-refractivity contribution in [2.24, 2.45) is 0 Å². The Labute approximate surface area is 84.6 Å². The van der Waals surface area contributed by atoms with Crippen molar-refractivity contribution in [3.63, 3.8) is 0 Å². The van der Waals surface area contributed by atoms with E-state index in [-0.39, 0.29) is 0 Å². The molecule has 0 bridgehead atoms. The van der Waals surface area contributed by atoms with Gasteiger partial charge in [0, 0.05) is 19.6 Å². The van der Waals surface area contributed by atoms with Crippen molar-refractivity contribution >= 4 is 6.08 Å². The van der Waals surface area contributed by atoms with Crippen molar-refractivity contribution in [1.82, 2.24) is 9.88 Å². The van der Waals surface area contributed by atoms with Crippen molar-refractivity contribution in [2.75, 3.05) is 13.1 Å². The first-order chi connectivity index (χ1) is 6.88. The van der Waals surface area contributed by atoms with E-state index >= 15 is 0 Å². The zero-order valence-electron chi connectivity index (χ0n) is 8.19. The van der Waals surface area contributed by atoms with Gasteiger partial charge in [0.1, 0.15) is 0 Å². The highest BCUT2D eigenvalue weighted by molar-refractivity contribution is 5.41. The van der Waals surface area contributed by atoms with Crippen LogP contribution in [0, 0.1) is 0 Å². The van der Waals surface area contributed by atoms with Gasteiger partial charge in [-0.3, -0.25) is 9.88 Å². The van der Waals surface area contributed by atoms with Crippen LogP contribution >= 0.6 is 0 Å². The molecule has 0 radical (unpaired) electrons. The van der Waals surface area contributed by atoms with Gasteiger partial charge in [-0.1, -0.05) is 24.8 Å². The zero-order chi connectivity index (χ0) is 9.80. The first-order valence-corrected chi connectivity index (χ1v) is 4.84. The van der Waals surface area contributed by atoms with Crippen molar-refractivity contribution in [3.05, 3.63) is 48.3 Å². The molecule has 1 aromatic heterocycles. The summed E-state index contributed by atoms with van der Waals surface area (Å²) in [5.74, 6) is 0. The fourth-order valence-corrected chi connectivity index (χ4v) is 1.58. The molecule has 72 valence electrons. The molecule has 1 aliphatic heterocycles. The van der Waals surface area contributed by atoms with E-state index in [9.17, 15) is 0 Å². The van der Waals surface area contributed by atoms with Gasteiger partial charge in [-0.25, -0.2) is 0 Å². The summed E-state index contributed by atoms with van der Waals surface area (Å²) in [5, 5.41) is 0. The molecule has 1 aliphatic rings. The molecule has 0 fully saturated rings. The van der Waals surface area contributed by atoms with Crippen LogP contribution in [0.3, 0.4) is 0 Å². The monoisotopic (exact) mass is 186 g/mol. The van der Waals surface area contributed by atoms with E-state index in [1.807, 2.05) is 12.1 Å². The fourth-order valence-electron chi connectivity index (χ4n) is 1.58. The van der Waals surface area contributed by atoms with Gasteiger partial charge >= 0.3 is 0 Å². The lowest BCUT2D eigenvalue weighted by atomic mass is 10.3. The van der Waals surface area contributed by atoms with Crippen LogP contribution in [0.2, 0.25) is 0 Å². The SMILES string of the molecule is C=Cc1cccc(CN2CC=CC2)n1. The molecule has 2 rings (SSSR count). The topological polar surface area (TPSA) is 16.1 Å². The standard InChI is InChI=1S/C12H14N2/c1-2-11-6-5-7-12(13-11)10-14-8-3-4-9-14/h2-7H,1,8-10H2. The van der Waals surface area contributed by atoms with Gasteiger partial charge in [-0.2, -0.15) is 0 Å². The molecule has 0 aromatic carbocycles. The average molecular weight is 186 g/mol. The number of aromatic nitrogens is 1. The number of hydrogen-bond donors (Lipinski definition) is 0. The third-order valence-corrected chi connectivity index (χ3v) is 2.32. The molecule has 0 saturated heterocycles. The lowest BCUT2D eigenvalue weighted by Gasteiger charge is -2.13. The Morgan fingerprint density at radius 2 is 2.14 bits per heavy atom. The minimum atomic E-state index is 0.925. The first-order valence-electron chi connectivity index (χ1n) is 4.84. The van der Waals surface area contributed by atoms with Crippen molar-refractivity contribution in [3.8, 4) is 0 Å². The van der Waals surface area contributed by atoms with E-state index in [1.54, 1.807) is 6.08 Å². The van der Waals surface area contributed by atoms with Gasteiger partial charge in [0.05, 0.1) is 11.4 Å². The molecule has 0 amide bonds. The number of pyridine rings is 1. The third-order valence-electron chi connectivity index (χ3n) is 2.32. The van der Waals surface area contributed by atoms with Crippen LogP contribution in [0.1, 0.15) is 11.4 Å². The van der Waals surface area contributed by atoms with Gasteiger partial charge in [0.2, 0.25) is 0 Å². The van der Waals surface area contributed by atoms with Crippen LogP contribution < -0.4 is 0 Å². The second-order valence-electron chi connectivity index (χ2n) is 3.42. The number of rotatable bonds is 3. The van der Waals surface area contributed by atoms with Crippen LogP contribution in [0.25, 0.3) is 6.08 Å². The lowest BCUT2D eigenvalue weighted by molar-refractivity contribution is 0.341. The quantitative estimate of drug-likeness (QED) is 0.672. The summed E-state index contributed by atoms with van der Waals surface area (Å²) in [4.78, 5) is 6.81. The predicted molar refractivity (Wildman–Crippen MR) is 58.7 cm³/mol. The molecule has 2 heterocycles. The summed E-state index contributed by atoms with van der Waals surface area (Å²) in [6.45, 7) is 6.72. The van der Waals surface area contributed by atoms with Gasteiger partial charge in [-0.15, -0.1) is 0 Å². The Bertz CT molecular complexity index is 347. The van der Waals surface area contributed by atoms with E-state index in [0.29, 0.717) is 0 Å². The molecule has 14 heavy (non-hydrogen) atoms. The summed E-state index contributed by atoms with van der Waals surface area (Å²) in [6.07, 6.45) is 6.17. The Balaban J connectivity index is 2.04. The highest BCUT2D eigenvalue weighted by Gasteiger charge is 2.07. The summed E-state index contributed by atoms with van der Waals surface area (Å²) in [7, 11) is 0. The van der Waals surface area contributed by atoms with E-state index < -0.39 is 0 Å². The van der Waals surface area contributed by atoms with Crippen molar-refractivity contribution in [1.29, 1.82) is 0 Å². The first kappa shape index (κ1) is 9.16. The van der Waals surface area contributed by atoms with Crippen LogP contribution in [0.4, 0.5) is 0 Å². The Morgan fingerprint density at radius 1 is 1.36 bits per heavy atom. The van der Waals surface area contributed by atoms with E-state index in [4.69, 9.17) is 0 Å². The van der Waals surface area contributed by atoms with Crippen LogP contribution in [0.15, 0.2) is 36.9 Å². The zero-order valence-corrected chi connectivity index (χ0v) is 8.19.